The highest BCUT2D eigenvalue weighted by atomic mass is 16.6. The van der Waals surface area contributed by atoms with E-state index in [1.807, 2.05) is 20.8 Å². The molecule has 0 aromatic rings. The first-order valence-corrected chi connectivity index (χ1v) is 8.86. The van der Waals surface area contributed by atoms with Gasteiger partial charge in [0.15, 0.2) is 0 Å². The third kappa shape index (κ3) is 3.59. The molecule has 0 bridgehead atoms. The molecule has 9 nitrogen and oxygen atoms in total. The Hall–Kier alpha value is -2.19. The van der Waals surface area contributed by atoms with E-state index < -0.39 is 17.9 Å². The molecule has 3 fully saturated rings. The Balaban J connectivity index is 1.88. The van der Waals surface area contributed by atoms with Crippen LogP contribution in [0.25, 0.3) is 0 Å². The van der Waals surface area contributed by atoms with E-state index in [9.17, 15) is 14.4 Å². The molecule has 0 aliphatic carbocycles. The fourth-order valence-electron chi connectivity index (χ4n) is 3.71. The Kier molecular flexibility index (Phi) is 4.66. The maximum atomic E-state index is 12.8. The minimum atomic E-state index is -0.618. The number of rotatable bonds is 2. The highest BCUT2D eigenvalue weighted by Crippen LogP contribution is 2.29. The van der Waals surface area contributed by atoms with E-state index in [1.54, 1.807) is 14.7 Å². The van der Waals surface area contributed by atoms with E-state index in [4.69, 9.17) is 4.74 Å². The lowest BCUT2D eigenvalue weighted by Gasteiger charge is -2.47. The molecule has 2 unspecified atom stereocenters. The van der Waals surface area contributed by atoms with Crippen molar-refractivity contribution in [3.63, 3.8) is 0 Å². The van der Waals surface area contributed by atoms with Crippen molar-refractivity contribution in [2.75, 3.05) is 32.7 Å². The van der Waals surface area contributed by atoms with Gasteiger partial charge in [0.1, 0.15) is 11.8 Å². The largest absolute Gasteiger partial charge is 0.444 e. The average molecular weight is 353 g/mol. The van der Waals surface area contributed by atoms with Crippen LogP contribution >= 0.6 is 0 Å². The Morgan fingerprint density at radius 3 is 2.16 bits per heavy atom. The molecule has 3 aliphatic rings. The molecule has 9 heteroatoms. The standard InChI is InChI=1S/C16H27N5O4/c1-16(2,3)25-15(24)21-8-4-5-11(19-9-6-17-13(19)22)12(21)20-10-7-18-14(20)23/h11-12H,4-10H2,1-3H3,(H,17,22)(H,18,23). The van der Waals surface area contributed by atoms with Gasteiger partial charge in [-0.2, -0.15) is 0 Å². The van der Waals surface area contributed by atoms with Gasteiger partial charge in [-0.05, 0) is 33.6 Å². The molecule has 3 rings (SSSR count). The summed E-state index contributed by atoms with van der Waals surface area (Å²) in [5, 5.41) is 5.59. The van der Waals surface area contributed by atoms with Gasteiger partial charge in [0.05, 0.1) is 6.04 Å². The van der Waals surface area contributed by atoms with Crippen LogP contribution in [0.4, 0.5) is 14.4 Å². The molecule has 25 heavy (non-hydrogen) atoms. The number of amides is 5. The summed E-state index contributed by atoms with van der Waals surface area (Å²) < 4.78 is 5.55. The maximum Gasteiger partial charge on any atom is 0.412 e. The van der Waals surface area contributed by atoms with Crippen molar-refractivity contribution in [1.29, 1.82) is 0 Å². The van der Waals surface area contributed by atoms with Crippen molar-refractivity contribution in [1.82, 2.24) is 25.3 Å². The van der Waals surface area contributed by atoms with Crippen LogP contribution in [0.15, 0.2) is 0 Å². The molecule has 3 aliphatic heterocycles. The highest BCUT2D eigenvalue weighted by Gasteiger charge is 2.47. The lowest BCUT2D eigenvalue weighted by molar-refractivity contribution is -0.0347. The second-order valence-corrected chi connectivity index (χ2v) is 7.65. The molecule has 0 aromatic carbocycles. The molecule has 0 spiro atoms. The van der Waals surface area contributed by atoms with Gasteiger partial charge in [-0.1, -0.05) is 0 Å². The zero-order valence-corrected chi connectivity index (χ0v) is 15.1. The number of nitrogens with one attached hydrogen (secondary N) is 2. The molecule has 0 saturated carbocycles. The molecule has 0 radical (unpaired) electrons. The van der Waals surface area contributed by atoms with Crippen LogP contribution in [-0.2, 0) is 4.74 Å². The minimum Gasteiger partial charge on any atom is -0.444 e. The van der Waals surface area contributed by atoms with Crippen LogP contribution in [0.1, 0.15) is 33.6 Å². The van der Waals surface area contributed by atoms with Gasteiger partial charge in [-0.15, -0.1) is 0 Å². The summed E-state index contributed by atoms with van der Waals surface area (Å²) >= 11 is 0. The van der Waals surface area contributed by atoms with Crippen LogP contribution in [-0.4, -0.2) is 83.4 Å². The number of piperidine rings is 1. The summed E-state index contributed by atoms with van der Waals surface area (Å²) in [6, 6.07) is -0.571. The third-order valence-corrected chi connectivity index (χ3v) is 4.69. The van der Waals surface area contributed by atoms with Crippen LogP contribution in [0, 0.1) is 0 Å². The van der Waals surface area contributed by atoms with Gasteiger partial charge in [-0.3, -0.25) is 4.90 Å². The van der Waals surface area contributed by atoms with Crippen molar-refractivity contribution < 1.29 is 19.1 Å². The van der Waals surface area contributed by atoms with Crippen molar-refractivity contribution in [3.05, 3.63) is 0 Å². The third-order valence-electron chi connectivity index (χ3n) is 4.69. The van der Waals surface area contributed by atoms with E-state index in [-0.39, 0.29) is 18.1 Å². The highest BCUT2D eigenvalue weighted by molar-refractivity contribution is 5.79. The molecular weight excluding hydrogens is 326 g/mol. The number of ether oxygens (including phenoxy) is 1. The molecule has 3 saturated heterocycles. The quantitative estimate of drug-likeness (QED) is 0.766. The summed E-state index contributed by atoms with van der Waals surface area (Å²) in [6.07, 6.45) is 0.567. The fraction of sp³-hybridized carbons (Fsp3) is 0.812. The first-order valence-electron chi connectivity index (χ1n) is 8.86. The van der Waals surface area contributed by atoms with E-state index in [1.165, 1.54) is 0 Å². The van der Waals surface area contributed by atoms with Gasteiger partial charge >= 0.3 is 18.2 Å². The van der Waals surface area contributed by atoms with Gasteiger partial charge in [0, 0.05) is 32.7 Å². The number of hydrogen-bond acceptors (Lipinski definition) is 4. The van der Waals surface area contributed by atoms with Crippen LogP contribution < -0.4 is 10.6 Å². The van der Waals surface area contributed by atoms with Crippen LogP contribution in [0.3, 0.4) is 0 Å². The second-order valence-electron chi connectivity index (χ2n) is 7.65. The van der Waals surface area contributed by atoms with E-state index in [0.717, 1.165) is 12.8 Å². The molecule has 0 aromatic heterocycles. The van der Waals surface area contributed by atoms with Crippen molar-refractivity contribution in [3.8, 4) is 0 Å². The Bertz CT molecular complexity index is 561. The molecule has 2 N–H and O–H groups in total. The summed E-state index contributed by atoms with van der Waals surface area (Å²) in [4.78, 5) is 42.2. The van der Waals surface area contributed by atoms with E-state index in [0.29, 0.717) is 32.7 Å². The summed E-state index contributed by atoms with van der Waals surface area (Å²) in [5.74, 6) is 0. The topological polar surface area (TPSA) is 94.2 Å². The Morgan fingerprint density at radius 1 is 1.04 bits per heavy atom. The van der Waals surface area contributed by atoms with Gasteiger partial charge in [0.25, 0.3) is 0 Å². The van der Waals surface area contributed by atoms with Gasteiger partial charge in [-0.25, -0.2) is 14.4 Å². The summed E-state index contributed by atoms with van der Waals surface area (Å²) in [5.41, 5.74) is -0.618. The molecule has 2 atom stereocenters. The summed E-state index contributed by atoms with van der Waals surface area (Å²) in [7, 11) is 0. The van der Waals surface area contributed by atoms with Crippen molar-refractivity contribution in [2.24, 2.45) is 0 Å². The predicted molar refractivity (Wildman–Crippen MR) is 90.0 cm³/mol. The zero-order chi connectivity index (χ0) is 18.2. The molecule has 3 heterocycles. The van der Waals surface area contributed by atoms with E-state index >= 15 is 0 Å². The first-order chi connectivity index (χ1) is 11.8. The van der Waals surface area contributed by atoms with E-state index in [2.05, 4.69) is 10.6 Å². The fourth-order valence-corrected chi connectivity index (χ4v) is 3.71. The number of carbonyl (C=O) groups excluding carboxylic acids is 3. The average Bonchev–Trinajstić information content (AvgIpc) is 3.13. The van der Waals surface area contributed by atoms with Gasteiger partial charge in [0.2, 0.25) is 0 Å². The first kappa shape index (κ1) is 17.6. The zero-order valence-electron chi connectivity index (χ0n) is 15.1. The molecule has 140 valence electrons. The number of urea groups is 2. The lowest BCUT2D eigenvalue weighted by atomic mass is 9.99. The van der Waals surface area contributed by atoms with Crippen molar-refractivity contribution >= 4 is 18.2 Å². The van der Waals surface area contributed by atoms with Crippen molar-refractivity contribution in [2.45, 2.75) is 51.4 Å². The second kappa shape index (κ2) is 6.61. The van der Waals surface area contributed by atoms with Crippen LogP contribution in [0.2, 0.25) is 0 Å². The van der Waals surface area contributed by atoms with Gasteiger partial charge < -0.3 is 25.2 Å². The maximum absolute atomic E-state index is 12.8. The number of carbonyl (C=O) groups is 3. The molecular formula is C16H27N5O4. The number of likely N-dealkylation sites (tertiary alicyclic amines) is 1. The minimum absolute atomic E-state index is 0.138. The number of hydrogen-bond donors (Lipinski definition) is 2. The number of nitrogens with zero attached hydrogens (tertiary/aromatic N) is 3. The monoisotopic (exact) mass is 353 g/mol. The molecule has 5 amide bonds. The lowest BCUT2D eigenvalue weighted by Crippen LogP contribution is -2.65. The Labute approximate surface area is 147 Å². The van der Waals surface area contributed by atoms with Crippen LogP contribution in [0.5, 0.6) is 0 Å². The Morgan fingerprint density at radius 2 is 1.64 bits per heavy atom. The SMILES string of the molecule is CC(C)(C)OC(=O)N1CCCC(N2CCNC2=O)C1N1CCNC1=O. The summed E-state index contributed by atoms with van der Waals surface area (Å²) in [6.45, 7) is 8.17. The predicted octanol–water partition coefficient (Wildman–Crippen LogP) is 0.762. The normalized spacial score (nSPS) is 27.4. The smallest absolute Gasteiger partial charge is 0.412 e.